The second kappa shape index (κ2) is 4.91. The molecule has 1 aromatic carbocycles. The van der Waals surface area contributed by atoms with Crippen molar-refractivity contribution in [3.63, 3.8) is 0 Å². The molecule has 88 valence electrons. The molecule has 0 aliphatic heterocycles. The Bertz CT molecular complexity index is 396. The second-order valence-corrected chi connectivity index (χ2v) is 3.19. The number of halogens is 1. The fraction of sp³-hybridized carbons (Fsp3) is 0.300. The largest absolute Gasteiger partial charge is 0.467 e. The van der Waals surface area contributed by atoms with Crippen molar-refractivity contribution in [1.29, 1.82) is 0 Å². The summed E-state index contributed by atoms with van der Waals surface area (Å²) in [5.41, 5.74) is 5.36. The lowest BCUT2D eigenvalue weighted by Gasteiger charge is -2.16. The van der Waals surface area contributed by atoms with E-state index < -0.39 is 24.0 Å². The number of nitrogens with two attached hydrogens (primary N) is 1. The highest BCUT2D eigenvalue weighted by Crippen LogP contribution is 2.23. The fourth-order valence-electron chi connectivity index (χ4n) is 1.21. The number of benzene rings is 1. The number of hydrogen-bond donors (Lipinski definition) is 3. The Balaban J connectivity index is 2.99. The summed E-state index contributed by atoms with van der Waals surface area (Å²) in [6.07, 6.45) is -3.56. The van der Waals surface area contributed by atoms with Gasteiger partial charge in [-0.25, -0.2) is 9.18 Å². The molecule has 0 amide bonds. The summed E-state index contributed by atoms with van der Waals surface area (Å²) in [4.78, 5) is 10.9. The quantitative estimate of drug-likeness (QED) is 0.500. The van der Waals surface area contributed by atoms with Gasteiger partial charge in [-0.3, -0.25) is 0 Å². The zero-order valence-electron chi connectivity index (χ0n) is 8.55. The van der Waals surface area contributed by atoms with E-state index in [4.69, 9.17) is 5.73 Å². The SMILES string of the molecule is COC(=O)C(O)C(O)c1cc(N)ccc1F. The van der Waals surface area contributed by atoms with Gasteiger partial charge in [0.2, 0.25) is 0 Å². The molecule has 6 heteroatoms. The maximum absolute atomic E-state index is 13.3. The van der Waals surface area contributed by atoms with E-state index in [1.54, 1.807) is 0 Å². The summed E-state index contributed by atoms with van der Waals surface area (Å²) < 4.78 is 17.5. The highest BCUT2D eigenvalue weighted by molar-refractivity contribution is 5.75. The predicted molar refractivity (Wildman–Crippen MR) is 53.8 cm³/mol. The van der Waals surface area contributed by atoms with Crippen LogP contribution in [0.4, 0.5) is 10.1 Å². The lowest BCUT2D eigenvalue weighted by atomic mass is 10.0. The van der Waals surface area contributed by atoms with Gasteiger partial charge in [0.15, 0.2) is 6.10 Å². The average Bonchev–Trinajstić information content (AvgIpc) is 2.29. The summed E-state index contributed by atoms with van der Waals surface area (Å²) in [5.74, 6) is -1.81. The van der Waals surface area contributed by atoms with Crippen LogP contribution in [0.5, 0.6) is 0 Å². The van der Waals surface area contributed by atoms with Crippen LogP contribution in [0, 0.1) is 5.82 Å². The van der Waals surface area contributed by atoms with Crippen molar-refractivity contribution in [2.75, 3.05) is 12.8 Å². The molecule has 0 aliphatic carbocycles. The molecule has 0 bridgehead atoms. The lowest BCUT2D eigenvalue weighted by Crippen LogP contribution is -2.29. The Morgan fingerprint density at radius 1 is 1.50 bits per heavy atom. The first-order valence-corrected chi connectivity index (χ1v) is 4.46. The number of carbonyl (C=O) groups excluding carboxylic acids is 1. The van der Waals surface area contributed by atoms with Crippen molar-refractivity contribution >= 4 is 11.7 Å². The van der Waals surface area contributed by atoms with Gasteiger partial charge < -0.3 is 20.7 Å². The van der Waals surface area contributed by atoms with Crippen LogP contribution in [0.2, 0.25) is 0 Å². The molecule has 0 aliphatic rings. The molecule has 4 N–H and O–H groups in total. The Labute approximate surface area is 91.3 Å². The van der Waals surface area contributed by atoms with E-state index in [1.807, 2.05) is 0 Å². The van der Waals surface area contributed by atoms with Crippen LogP contribution in [0.25, 0.3) is 0 Å². The number of esters is 1. The molecule has 2 atom stereocenters. The molecule has 0 saturated heterocycles. The molecule has 0 spiro atoms. The van der Waals surface area contributed by atoms with Crippen molar-refractivity contribution in [3.05, 3.63) is 29.6 Å². The van der Waals surface area contributed by atoms with Crippen molar-refractivity contribution < 1.29 is 24.1 Å². The van der Waals surface area contributed by atoms with Gasteiger partial charge in [0, 0.05) is 11.3 Å². The predicted octanol–water partition coefficient (Wildman–Crippen LogP) is -0.0248. The van der Waals surface area contributed by atoms with Gasteiger partial charge in [-0.05, 0) is 18.2 Å². The fourth-order valence-corrected chi connectivity index (χ4v) is 1.21. The zero-order chi connectivity index (χ0) is 12.3. The molecule has 0 saturated carbocycles. The van der Waals surface area contributed by atoms with Crippen molar-refractivity contribution in [1.82, 2.24) is 0 Å². The van der Waals surface area contributed by atoms with E-state index in [0.717, 1.165) is 19.2 Å². The summed E-state index contributed by atoms with van der Waals surface area (Å²) in [6.45, 7) is 0. The van der Waals surface area contributed by atoms with Crippen LogP contribution in [0.3, 0.4) is 0 Å². The Morgan fingerprint density at radius 3 is 2.69 bits per heavy atom. The van der Waals surface area contributed by atoms with E-state index in [9.17, 15) is 19.4 Å². The monoisotopic (exact) mass is 229 g/mol. The third-order valence-corrected chi connectivity index (χ3v) is 2.08. The molecular weight excluding hydrogens is 217 g/mol. The van der Waals surface area contributed by atoms with Crippen LogP contribution in [-0.2, 0) is 9.53 Å². The lowest BCUT2D eigenvalue weighted by molar-refractivity contribution is -0.156. The second-order valence-electron chi connectivity index (χ2n) is 3.19. The Morgan fingerprint density at radius 2 is 2.12 bits per heavy atom. The van der Waals surface area contributed by atoms with Crippen molar-refractivity contribution in [3.8, 4) is 0 Å². The summed E-state index contributed by atoms with van der Waals surface area (Å²) >= 11 is 0. The topological polar surface area (TPSA) is 92.8 Å². The highest BCUT2D eigenvalue weighted by Gasteiger charge is 2.28. The first-order valence-electron chi connectivity index (χ1n) is 4.46. The summed E-state index contributed by atoms with van der Waals surface area (Å²) in [6, 6.07) is 3.49. The minimum atomic E-state index is -1.85. The molecule has 0 radical (unpaired) electrons. The summed E-state index contributed by atoms with van der Waals surface area (Å²) in [7, 11) is 1.05. The van der Waals surface area contributed by atoms with E-state index >= 15 is 0 Å². The molecule has 2 unspecified atom stereocenters. The molecule has 16 heavy (non-hydrogen) atoms. The first kappa shape index (κ1) is 12.4. The Hall–Kier alpha value is -1.66. The normalized spacial score (nSPS) is 14.2. The van der Waals surface area contributed by atoms with Crippen molar-refractivity contribution in [2.24, 2.45) is 0 Å². The number of ether oxygens (including phenoxy) is 1. The van der Waals surface area contributed by atoms with E-state index in [-0.39, 0.29) is 11.3 Å². The minimum Gasteiger partial charge on any atom is -0.467 e. The van der Waals surface area contributed by atoms with Crippen LogP contribution in [-0.4, -0.2) is 29.4 Å². The van der Waals surface area contributed by atoms with Crippen LogP contribution in [0.1, 0.15) is 11.7 Å². The van der Waals surface area contributed by atoms with Gasteiger partial charge >= 0.3 is 5.97 Å². The van der Waals surface area contributed by atoms with Gasteiger partial charge in [0.05, 0.1) is 7.11 Å². The van der Waals surface area contributed by atoms with Gasteiger partial charge in [-0.15, -0.1) is 0 Å². The number of anilines is 1. The molecule has 1 aromatic rings. The Kier molecular flexibility index (Phi) is 3.81. The van der Waals surface area contributed by atoms with E-state index in [2.05, 4.69) is 4.74 Å². The van der Waals surface area contributed by atoms with Crippen LogP contribution in [0.15, 0.2) is 18.2 Å². The number of hydrogen-bond acceptors (Lipinski definition) is 5. The van der Waals surface area contributed by atoms with Crippen LogP contribution >= 0.6 is 0 Å². The number of methoxy groups -OCH3 is 1. The van der Waals surface area contributed by atoms with Gasteiger partial charge in [0.1, 0.15) is 11.9 Å². The number of aliphatic hydroxyl groups excluding tert-OH is 2. The number of rotatable bonds is 3. The van der Waals surface area contributed by atoms with Gasteiger partial charge in [-0.2, -0.15) is 0 Å². The maximum Gasteiger partial charge on any atom is 0.337 e. The number of aliphatic hydroxyl groups is 2. The van der Waals surface area contributed by atoms with Crippen LogP contribution < -0.4 is 5.73 Å². The molecule has 0 aromatic heterocycles. The smallest absolute Gasteiger partial charge is 0.337 e. The van der Waals surface area contributed by atoms with Gasteiger partial charge in [-0.1, -0.05) is 0 Å². The van der Waals surface area contributed by atoms with Crippen molar-refractivity contribution in [2.45, 2.75) is 12.2 Å². The third-order valence-electron chi connectivity index (χ3n) is 2.08. The first-order chi connectivity index (χ1) is 7.47. The molecule has 1 rings (SSSR count). The number of carbonyl (C=O) groups is 1. The van der Waals surface area contributed by atoms with E-state index in [0.29, 0.717) is 0 Å². The summed E-state index contributed by atoms with van der Waals surface area (Å²) in [5, 5.41) is 18.9. The third kappa shape index (κ3) is 2.47. The minimum absolute atomic E-state index is 0.215. The highest BCUT2D eigenvalue weighted by atomic mass is 19.1. The van der Waals surface area contributed by atoms with Gasteiger partial charge in [0.25, 0.3) is 0 Å². The number of nitrogen functional groups attached to an aromatic ring is 1. The zero-order valence-corrected chi connectivity index (χ0v) is 8.55. The average molecular weight is 229 g/mol. The molecule has 5 nitrogen and oxygen atoms in total. The maximum atomic E-state index is 13.3. The molecule has 0 fully saturated rings. The molecular formula is C10H12FNO4. The molecule has 0 heterocycles. The van der Waals surface area contributed by atoms with E-state index in [1.165, 1.54) is 6.07 Å². The standard InChI is InChI=1S/C10H12FNO4/c1-16-10(15)9(14)8(13)6-4-5(12)2-3-7(6)11/h2-4,8-9,13-14H,12H2,1H3.